The fraction of sp³-hybridized carbons (Fsp3) is 0.389. The predicted molar refractivity (Wildman–Crippen MR) is 90.0 cm³/mol. The highest BCUT2D eigenvalue weighted by Gasteiger charge is 2.34. The largest absolute Gasteiger partial charge is 0.461 e. The first-order chi connectivity index (χ1) is 12.0. The van der Waals surface area contributed by atoms with Crippen LogP contribution in [0.3, 0.4) is 0 Å². The van der Waals surface area contributed by atoms with Crippen molar-refractivity contribution in [1.29, 1.82) is 0 Å². The third-order valence-electron chi connectivity index (χ3n) is 4.25. The second kappa shape index (κ2) is 7.04. The van der Waals surface area contributed by atoms with Crippen LogP contribution in [0.2, 0.25) is 0 Å². The van der Waals surface area contributed by atoms with Crippen LogP contribution in [0.5, 0.6) is 0 Å². The Bertz CT molecular complexity index is 799. The van der Waals surface area contributed by atoms with E-state index in [1.165, 1.54) is 12.1 Å². The zero-order chi connectivity index (χ0) is 18.0. The smallest absolute Gasteiger partial charge is 0.356 e. The Morgan fingerprint density at radius 1 is 1.44 bits per heavy atom. The van der Waals surface area contributed by atoms with Gasteiger partial charge in [0.15, 0.2) is 5.82 Å². The van der Waals surface area contributed by atoms with E-state index in [1.54, 1.807) is 26.0 Å². The van der Waals surface area contributed by atoms with E-state index in [2.05, 4.69) is 15.5 Å². The number of nitrogens with one attached hydrogen (secondary N) is 2. The van der Waals surface area contributed by atoms with Crippen LogP contribution in [0.1, 0.15) is 60.1 Å². The number of carbonyl (C=O) groups is 2. The minimum atomic E-state index is -0.550. The summed E-state index contributed by atoms with van der Waals surface area (Å²) in [5, 5.41) is 9.51. The Morgan fingerprint density at radius 2 is 2.20 bits per heavy atom. The van der Waals surface area contributed by atoms with Crippen molar-refractivity contribution in [3.8, 4) is 0 Å². The van der Waals surface area contributed by atoms with Crippen LogP contribution < -0.4 is 5.32 Å². The fourth-order valence-corrected chi connectivity index (χ4v) is 2.73. The molecule has 132 valence electrons. The number of nitrogens with zero attached hydrogens (tertiary/aromatic N) is 1. The number of hydrogen-bond acceptors (Lipinski definition) is 4. The summed E-state index contributed by atoms with van der Waals surface area (Å²) in [6.45, 7) is 3.69. The van der Waals surface area contributed by atoms with E-state index in [1.807, 2.05) is 0 Å². The van der Waals surface area contributed by atoms with Crippen LogP contribution in [0.4, 0.5) is 10.2 Å². The SMILES string of the molecule is CCOC(=O)c1[nH]nc(NC(=O)C(C)c2cccc(F)c2)c1C1CC1. The van der Waals surface area contributed by atoms with Gasteiger partial charge in [0.1, 0.15) is 11.5 Å². The number of anilines is 1. The first-order valence-corrected chi connectivity index (χ1v) is 8.33. The first kappa shape index (κ1) is 17.1. The minimum Gasteiger partial charge on any atom is -0.461 e. The van der Waals surface area contributed by atoms with Gasteiger partial charge in [-0.1, -0.05) is 12.1 Å². The summed E-state index contributed by atoms with van der Waals surface area (Å²) in [5.74, 6) is -1.19. The van der Waals surface area contributed by atoms with E-state index < -0.39 is 11.9 Å². The van der Waals surface area contributed by atoms with Crippen LogP contribution in [-0.4, -0.2) is 28.7 Å². The van der Waals surface area contributed by atoms with E-state index >= 15 is 0 Å². The van der Waals surface area contributed by atoms with Crippen LogP contribution in [0.15, 0.2) is 24.3 Å². The molecule has 0 aliphatic heterocycles. The number of aromatic nitrogens is 2. The third kappa shape index (κ3) is 3.70. The van der Waals surface area contributed by atoms with Crippen LogP contribution in [0, 0.1) is 5.82 Å². The molecule has 6 nitrogen and oxygen atoms in total. The van der Waals surface area contributed by atoms with Gasteiger partial charge in [-0.2, -0.15) is 5.10 Å². The van der Waals surface area contributed by atoms with Crippen LogP contribution in [-0.2, 0) is 9.53 Å². The predicted octanol–water partition coefficient (Wildman–Crippen LogP) is 3.35. The van der Waals surface area contributed by atoms with Crippen molar-refractivity contribution in [2.75, 3.05) is 11.9 Å². The Balaban J connectivity index is 1.80. The number of amides is 1. The number of halogens is 1. The molecule has 1 heterocycles. The Hall–Kier alpha value is -2.70. The molecule has 1 aliphatic rings. The number of ether oxygens (including phenoxy) is 1. The number of aromatic amines is 1. The van der Waals surface area contributed by atoms with Crippen molar-refractivity contribution in [3.63, 3.8) is 0 Å². The number of rotatable bonds is 6. The second-order valence-corrected chi connectivity index (χ2v) is 6.12. The molecule has 1 fully saturated rings. The average Bonchev–Trinajstić information content (AvgIpc) is 3.34. The van der Waals surface area contributed by atoms with E-state index in [0.29, 0.717) is 16.9 Å². The maximum absolute atomic E-state index is 13.4. The third-order valence-corrected chi connectivity index (χ3v) is 4.25. The van der Waals surface area contributed by atoms with Crippen LogP contribution >= 0.6 is 0 Å². The summed E-state index contributed by atoms with van der Waals surface area (Å²) >= 11 is 0. The van der Waals surface area contributed by atoms with E-state index in [0.717, 1.165) is 12.8 Å². The van der Waals surface area contributed by atoms with Gasteiger partial charge in [0.05, 0.1) is 12.5 Å². The second-order valence-electron chi connectivity index (χ2n) is 6.12. The Morgan fingerprint density at radius 3 is 2.84 bits per heavy atom. The topological polar surface area (TPSA) is 84.1 Å². The molecule has 3 rings (SSSR count). The van der Waals surface area contributed by atoms with Gasteiger partial charge in [0.2, 0.25) is 5.91 Å². The zero-order valence-electron chi connectivity index (χ0n) is 14.1. The highest BCUT2D eigenvalue weighted by atomic mass is 19.1. The number of hydrogen-bond donors (Lipinski definition) is 2. The molecule has 1 aromatic carbocycles. The summed E-state index contributed by atoms with van der Waals surface area (Å²) in [7, 11) is 0. The lowest BCUT2D eigenvalue weighted by Gasteiger charge is -2.12. The molecular weight excluding hydrogens is 325 g/mol. The molecule has 0 saturated heterocycles. The molecule has 1 aliphatic carbocycles. The fourth-order valence-electron chi connectivity index (χ4n) is 2.73. The molecule has 0 bridgehead atoms. The molecule has 1 atom stereocenters. The van der Waals surface area contributed by atoms with Gasteiger partial charge < -0.3 is 10.1 Å². The van der Waals surface area contributed by atoms with Crippen molar-refractivity contribution in [3.05, 3.63) is 46.9 Å². The average molecular weight is 345 g/mol. The monoisotopic (exact) mass is 345 g/mol. The van der Waals surface area contributed by atoms with Crippen molar-refractivity contribution < 1.29 is 18.7 Å². The van der Waals surface area contributed by atoms with Crippen molar-refractivity contribution in [2.24, 2.45) is 0 Å². The van der Waals surface area contributed by atoms with Crippen molar-refractivity contribution in [2.45, 2.75) is 38.5 Å². The number of carbonyl (C=O) groups excluding carboxylic acids is 2. The highest BCUT2D eigenvalue weighted by molar-refractivity contribution is 5.98. The number of benzene rings is 1. The summed E-state index contributed by atoms with van der Waals surface area (Å²) in [6.07, 6.45) is 1.88. The van der Waals surface area contributed by atoms with Gasteiger partial charge in [-0.05, 0) is 50.3 Å². The van der Waals surface area contributed by atoms with Gasteiger partial charge in [0.25, 0.3) is 0 Å². The van der Waals surface area contributed by atoms with Gasteiger partial charge in [-0.15, -0.1) is 0 Å². The van der Waals surface area contributed by atoms with Crippen LogP contribution in [0.25, 0.3) is 0 Å². The zero-order valence-corrected chi connectivity index (χ0v) is 14.1. The Labute approximate surface area is 144 Å². The summed E-state index contributed by atoms with van der Waals surface area (Å²) in [5.41, 5.74) is 1.56. The number of H-pyrrole nitrogens is 1. The molecule has 1 aromatic heterocycles. The molecule has 7 heteroatoms. The first-order valence-electron chi connectivity index (χ1n) is 8.33. The molecule has 0 radical (unpaired) electrons. The molecule has 2 aromatic rings. The quantitative estimate of drug-likeness (QED) is 0.787. The van der Waals surface area contributed by atoms with Crippen molar-refractivity contribution >= 4 is 17.7 Å². The highest BCUT2D eigenvalue weighted by Crippen LogP contribution is 2.44. The lowest BCUT2D eigenvalue weighted by molar-refractivity contribution is -0.117. The summed E-state index contributed by atoms with van der Waals surface area (Å²) < 4.78 is 18.4. The number of esters is 1. The molecule has 1 saturated carbocycles. The molecular formula is C18H20FN3O3. The molecule has 0 spiro atoms. The maximum atomic E-state index is 13.4. The minimum absolute atomic E-state index is 0.193. The van der Waals surface area contributed by atoms with Gasteiger partial charge in [0, 0.05) is 5.56 Å². The van der Waals surface area contributed by atoms with E-state index in [9.17, 15) is 14.0 Å². The molecule has 25 heavy (non-hydrogen) atoms. The normalized spacial score (nSPS) is 14.8. The summed E-state index contributed by atoms with van der Waals surface area (Å²) in [6, 6.07) is 5.93. The van der Waals surface area contributed by atoms with Gasteiger partial charge in [-0.3, -0.25) is 9.89 Å². The van der Waals surface area contributed by atoms with Crippen molar-refractivity contribution in [1.82, 2.24) is 10.2 Å². The maximum Gasteiger partial charge on any atom is 0.356 e. The van der Waals surface area contributed by atoms with E-state index in [4.69, 9.17) is 4.74 Å². The molecule has 1 amide bonds. The van der Waals surface area contributed by atoms with Gasteiger partial charge in [-0.25, -0.2) is 9.18 Å². The van der Waals surface area contributed by atoms with E-state index in [-0.39, 0.29) is 29.9 Å². The Kier molecular flexibility index (Phi) is 4.83. The van der Waals surface area contributed by atoms with Gasteiger partial charge >= 0.3 is 5.97 Å². The standard InChI is InChI=1S/C18H20FN3O3/c1-3-25-18(24)15-14(11-7-8-11)16(22-21-15)20-17(23)10(2)12-5-4-6-13(19)9-12/h4-6,9-11H,3,7-8H2,1-2H3,(H2,20,21,22,23). The lowest BCUT2D eigenvalue weighted by Crippen LogP contribution is -2.20. The molecule has 2 N–H and O–H groups in total. The summed E-state index contributed by atoms with van der Waals surface area (Å²) in [4.78, 5) is 24.6. The lowest BCUT2D eigenvalue weighted by atomic mass is 10.00. The molecule has 1 unspecified atom stereocenters.